The molecule has 3 heteroatoms. The predicted molar refractivity (Wildman–Crippen MR) is 48.7 cm³/mol. The number of carbonyl (C=O) groups is 1. The van der Waals surface area contributed by atoms with Gasteiger partial charge in [0.2, 0.25) is 0 Å². The molecule has 0 aromatic rings. The van der Waals surface area contributed by atoms with Crippen LogP contribution in [0.1, 0.15) is 6.42 Å². The molecule has 0 fully saturated rings. The standard InChI is InChI=1S/C8H11BrO2/c1-2-3-4-5-6-11-8(10)7-9/h2-4H,1,5-7H2/b4-3+. The van der Waals surface area contributed by atoms with E-state index in [0.29, 0.717) is 6.61 Å². The van der Waals surface area contributed by atoms with E-state index < -0.39 is 0 Å². The van der Waals surface area contributed by atoms with Crippen LogP contribution < -0.4 is 0 Å². The zero-order valence-corrected chi connectivity index (χ0v) is 7.84. The summed E-state index contributed by atoms with van der Waals surface area (Å²) in [5.41, 5.74) is 0. The van der Waals surface area contributed by atoms with Crippen LogP contribution in [-0.4, -0.2) is 17.9 Å². The van der Waals surface area contributed by atoms with Crippen molar-refractivity contribution >= 4 is 21.9 Å². The number of esters is 1. The lowest BCUT2D eigenvalue weighted by atomic mass is 10.4. The molecule has 0 spiro atoms. The Morgan fingerprint density at radius 3 is 2.91 bits per heavy atom. The van der Waals surface area contributed by atoms with E-state index in [1.54, 1.807) is 6.08 Å². The van der Waals surface area contributed by atoms with Crippen LogP contribution in [0.3, 0.4) is 0 Å². The van der Waals surface area contributed by atoms with Crippen LogP contribution >= 0.6 is 15.9 Å². The first-order valence-corrected chi connectivity index (χ1v) is 4.42. The van der Waals surface area contributed by atoms with Gasteiger partial charge >= 0.3 is 5.97 Å². The summed E-state index contributed by atoms with van der Waals surface area (Å²) < 4.78 is 4.77. The molecule has 0 amide bonds. The van der Waals surface area contributed by atoms with Crippen LogP contribution in [0.4, 0.5) is 0 Å². The van der Waals surface area contributed by atoms with E-state index >= 15 is 0 Å². The Balaban J connectivity index is 3.20. The Morgan fingerprint density at radius 1 is 1.64 bits per heavy atom. The van der Waals surface area contributed by atoms with Crippen molar-refractivity contribution in [2.75, 3.05) is 11.9 Å². The molecular weight excluding hydrogens is 208 g/mol. The molecule has 0 bridgehead atoms. The monoisotopic (exact) mass is 218 g/mol. The number of hydrogen-bond donors (Lipinski definition) is 0. The van der Waals surface area contributed by atoms with Crippen molar-refractivity contribution in [3.63, 3.8) is 0 Å². The minimum atomic E-state index is -0.225. The number of ether oxygens (including phenoxy) is 1. The minimum Gasteiger partial charge on any atom is -0.465 e. The highest BCUT2D eigenvalue weighted by atomic mass is 79.9. The van der Waals surface area contributed by atoms with Crippen LogP contribution in [0.15, 0.2) is 24.8 Å². The molecule has 0 saturated heterocycles. The molecule has 0 rings (SSSR count). The van der Waals surface area contributed by atoms with E-state index in [9.17, 15) is 4.79 Å². The predicted octanol–water partition coefficient (Wildman–Crippen LogP) is 2.06. The first kappa shape index (κ1) is 10.4. The van der Waals surface area contributed by atoms with Gasteiger partial charge in [0, 0.05) is 0 Å². The molecule has 62 valence electrons. The number of alkyl halides is 1. The zero-order valence-electron chi connectivity index (χ0n) is 6.25. The number of halogens is 1. The van der Waals surface area contributed by atoms with Gasteiger partial charge in [-0.2, -0.15) is 0 Å². The maximum Gasteiger partial charge on any atom is 0.316 e. The lowest BCUT2D eigenvalue weighted by molar-refractivity contribution is -0.140. The van der Waals surface area contributed by atoms with Crippen LogP contribution in [0.25, 0.3) is 0 Å². The molecule has 11 heavy (non-hydrogen) atoms. The highest BCUT2D eigenvalue weighted by molar-refractivity contribution is 9.09. The molecule has 0 aliphatic heterocycles. The lowest BCUT2D eigenvalue weighted by Gasteiger charge is -1.97. The molecule has 0 heterocycles. The quantitative estimate of drug-likeness (QED) is 0.306. The van der Waals surface area contributed by atoms with Gasteiger partial charge in [-0.25, -0.2) is 0 Å². The Morgan fingerprint density at radius 2 is 2.36 bits per heavy atom. The second kappa shape index (κ2) is 7.54. The lowest BCUT2D eigenvalue weighted by Crippen LogP contribution is -2.05. The fourth-order valence-electron chi connectivity index (χ4n) is 0.472. The first-order chi connectivity index (χ1) is 5.31. The second-order valence-corrected chi connectivity index (χ2v) is 2.37. The van der Waals surface area contributed by atoms with Crippen molar-refractivity contribution in [1.29, 1.82) is 0 Å². The summed E-state index contributed by atoms with van der Waals surface area (Å²) in [6.45, 7) is 3.95. The third kappa shape index (κ3) is 7.33. The second-order valence-electron chi connectivity index (χ2n) is 1.81. The summed E-state index contributed by atoms with van der Waals surface area (Å²) in [4.78, 5) is 10.5. The van der Waals surface area contributed by atoms with Crippen molar-refractivity contribution in [1.82, 2.24) is 0 Å². The molecule has 0 aromatic heterocycles. The van der Waals surface area contributed by atoms with Gasteiger partial charge in [0.15, 0.2) is 0 Å². The Hall–Kier alpha value is -0.570. The normalized spacial score (nSPS) is 9.91. The van der Waals surface area contributed by atoms with E-state index in [1.807, 2.05) is 12.2 Å². The molecule has 0 atom stereocenters. The summed E-state index contributed by atoms with van der Waals surface area (Å²) in [6.07, 6.45) is 6.15. The molecule has 0 aliphatic carbocycles. The topological polar surface area (TPSA) is 26.3 Å². The molecule has 0 N–H and O–H groups in total. The van der Waals surface area contributed by atoms with Crippen molar-refractivity contribution in [3.8, 4) is 0 Å². The first-order valence-electron chi connectivity index (χ1n) is 3.30. The molecule has 0 unspecified atom stereocenters. The van der Waals surface area contributed by atoms with E-state index in [4.69, 9.17) is 4.74 Å². The molecule has 0 radical (unpaired) electrons. The van der Waals surface area contributed by atoms with Gasteiger partial charge in [0.05, 0.1) is 6.61 Å². The smallest absolute Gasteiger partial charge is 0.316 e. The third-order valence-electron chi connectivity index (χ3n) is 0.929. The van der Waals surface area contributed by atoms with Crippen LogP contribution in [0, 0.1) is 0 Å². The number of hydrogen-bond acceptors (Lipinski definition) is 2. The van der Waals surface area contributed by atoms with E-state index in [0.717, 1.165) is 6.42 Å². The molecular formula is C8H11BrO2. The van der Waals surface area contributed by atoms with Gasteiger partial charge < -0.3 is 4.74 Å². The summed E-state index contributed by atoms with van der Waals surface area (Å²) in [5.74, 6) is -0.225. The van der Waals surface area contributed by atoms with Gasteiger partial charge in [0.1, 0.15) is 5.33 Å². The molecule has 2 nitrogen and oxygen atoms in total. The van der Waals surface area contributed by atoms with E-state index in [-0.39, 0.29) is 11.3 Å². The molecule has 0 aliphatic rings. The average molecular weight is 219 g/mol. The fourth-order valence-corrected chi connectivity index (χ4v) is 0.634. The summed E-state index contributed by atoms with van der Waals surface area (Å²) in [5, 5.41) is 0.262. The summed E-state index contributed by atoms with van der Waals surface area (Å²) in [6, 6.07) is 0. The van der Waals surface area contributed by atoms with E-state index in [1.165, 1.54) is 0 Å². The molecule has 0 saturated carbocycles. The van der Waals surface area contributed by atoms with Crippen LogP contribution in [0.5, 0.6) is 0 Å². The zero-order chi connectivity index (χ0) is 8.53. The van der Waals surface area contributed by atoms with Gasteiger partial charge in [-0.1, -0.05) is 40.7 Å². The third-order valence-corrected chi connectivity index (χ3v) is 1.39. The Labute approximate surface area is 75.1 Å². The highest BCUT2D eigenvalue weighted by Crippen LogP contribution is 1.89. The Bertz CT molecular complexity index is 152. The van der Waals surface area contributed by atoms with Crippen LogP contribution in [-0.2, 0) is 9.53 Å². The SMILES string of the molecule is C=C/C=C/CCOC(=O)CBr. The van der Waals surface area contributed by atoms with Gasteiger partial charge in [-0.05, 0) is 6.42 Å². The largest absolute Gasteiger partial charge is 0.465 e. The van der Waals surface area contributed by atoms with Gasteiger partial charge in [-0.15, -0.1) is 0 Å². The Kier molecular flexibility index (Phi) is 7.15. The highest BCUT2D eigenvalue weighted by Gasteiger charge is 1.95. The maximum absolute atomic E-state index is 10.5. The minimum absolute atomic E-state index is 0.225. The van der Waals surface area contributed by atoms with Gasteiger partial charge in [0.25, 0.3) is 0 Å². The van der Waals surface area contributed by atoms with Crippen molar-refractivity contribution in [2.45, 2.75) is 6.42 Å². The maximum atomic E-state index is 10.5. The number of carbonyl (C=O) groups excluding carboxylic acids is 1. The van der Waals surface area contributed by atoms with E-state index in [2.05, 4.69) is 22.5 Å². The van der Waals surface area contributed by atoms with Gasteiger partial charge in [-0.3, -0.25) is 4.79 Å². The van der Waals surface area contributed by atoms with Crippen molar-refractivity contribution in [3.05, 3.63) is 24.8 Å². The van der Waals surface area contributed by atoms with Crippen molar-refractivity contribution in [2.24, 2.45) is 0 Å². The number of rotatable bonds is 5. The fraction of sp³-hybridized carbons (Fsp3) is 0.375. The van der Waals surface area contributed by atoms with Crippen molar-refractivity contribution < 1.29 is 9.53 Å². The number of allylic oxidation sites excluding steroid dienone is 2. The summed E-state index contributed by atoms with van der Waals surface area (Å²) in [7, 11) is 0. The summed E-state index contributed by atoms with van der Waals surface area (Å²) >= 11 is 2.99. The average Bonchev–Trinajstić information content (AvgIpc) is 2.04. The molecule has 0 aromatic carbocycles. The van der Waals surface area contributed by atoms with Crippen LogP contribution in [0.2, 0.25) is 0 Å².